The standard InChI is InChI=1S/C16H22N4O3S.ClH/c1-11(2)20-24(21,22)13-7-5-6-12(10-13)14-18-15(19-23-14)16(17)8-3-4-9-16;/h5-7,10-11,20H,3-4,8-9,17H2,1-2H3;1H. The van der Waals surface area contributed by atoms with Gasteiger partial charge in [0.1, 0.15) is 0 Å². The second-order valence-electron chi connectivity index (χ2n) is 6.59. The summed E-state index contributed by atoms with van der Waals surface area (Å²) in [7, 11) is -3.58. The average Bonchev–Trinajstić information content (AvgIpc) is 3.16. The monoisotopic (exact) mass is 386 g/mol. The van der Waals surface area contributed by atoms with Crippen LogP contribution in [-0.2, 0) is 15.6 Å². The topological polar surface area (TPSA) is 111 Å². The van der Waals surface area contributed by atoms with Crippen molar-refractivity contribution >= 4 is 22.4 Å². The molecule has 9 heteroatoms. The van der Waals surface area contributed by atoms with Crippen molar-refractivity contribution in [2.24, 2.45) is 5.73 Å². The van der Waals surface area contributed by atoms with Gasteiger partial charge >= 0.3 is 0 Å². The first-order valence-corrected chi connectivity index (χ1v) is 9.54. The second kappa shape index (κ2) is 7.41. The Labute approximate surface area is 153 Å². The predicted molar refractivity (Wildman–Crippen MR) is 96.8 cm³/mol. The van der Waals surface area contributed by atoms with Gasteiger partial charge in [-0.15, -0.1) is 12.4 Å². The number of nitrogens with one attached hydrogen (secondary N) is 1. The zero-order valence-electron chi connectivity index (χ0n) is 14.2. The van der Waals surface area contributed by atoms with Gasteiger partial charge in [0.2, 0.25) is 10.0 Å². The van der Waals surface area contributed by atoms with Crippen molar-refractivity contribution in [1.82, 2.24) is 14.9 Å². The maximum Gasteiger partial charge on any atom is 0.258 e. The van der Waals surface area contributed by atoms with E-state index >= 15 is 0 Å². The van der Waals surface area contributed by atoms with Crippen LogP contribution in [0.4, 0.5) is 0 Å². The summed E-state index contributed by atoms with van der Waals surface area (Å²) in [6.07, 6.45) is 3.77. The molecule has 0 atom stereocenters. The number of benzene rings is 1. The van der Waals surface area contributed by atoms with Crippen molar-refractivity contribution in [2.75, 3.05) is 0 Å². The van der Waals surface area contributed by atoms with Gasteiger partial charge in [0, 0.05) is 11.6 Å². The van der Waals surface area contributed by atoms with Crippen LogP contribution in [0.5, 0.6) is 0 Å². The lowest BCUT2D eigenvalue weighted by Crippen LogP contribution is -2.34. The minimum atomic E-state index is -3.58. The molecule has 1 aliphatic rings. The summed E-state index contributed by atoms with van der Waals surface area (Å²) in [6.45, 7) is 3.54. The summed E-state index contributed by atoms with van der Waals surface area (Å²) < 4.78 is 32.5. The molecule has 25 heavy (non-hydrogen) atoms. The molecule has 2 aromatic rings. The van der Waals surface area contributed by atoms with Gasteiger partial charge < -0.3 is 10.3 Å². The van der Waals surface area contributed by atoms with E-state index in [2.05, 4.69) is 14.9 Å². The normalized spacial score (nSPS) is 16.8. The van der Waals surface area contributed by atoms with E-state index in [1.54, 1.807) is 26.0 Å². The number of rotatable bonds is 5. The number of hydrogen-bond acceptors (Lipinski definition) is 6. The third-order valence-electron chi connectivity index (χ3n) is 4.15. The molecular formula is C16H23ClN4O3S. The smallest absolute Gasteiger partial charge is 0.258 e. The summed E-state index contributed by atoms with van der Waals surface area (Å²) >= 11 is 0. The van der Waals surface area contributed by atoms with Crippen molar-refractivity contribution in [1.29, 1.82) is 0 Å². The Balaban J connectivity index is 0.00000225. The number of aromatic nitrogens is 2. The molecule has 0 amide bonds. The van der Waals surface area contributed by atoms with Gasteiger partial charge in [-0.05, 0) is 44.9 Å². The van der Waals surface area contributed by atoms with Gasteiger partial charge in [0.15, 0.2) is 5.82 Å². The largest absolute Gasteiger partial charge is 0.334 e. The molecule has 1 aromatic heterocycles. The van der Waals surface area contributed by atoms with Gasteiger partial charge in [-0.25, -0.2) is 13.1 Å². The fourth-order valence-corrected chi connectivity index (χ4v) is 4.24. The van der Waals surface area contributed by atoms with Crippen LogP contribution in [0.1, 0.15) is 45.4 Å². The number of nitrogens with zero attached hydrogens (tertiary/aromatic N) is 2. The van der Waals surface area contributed by atoms with Crippen LogP contribution >= 0.6 is 12.4 Å². The zero-order chi connectivity index (χ0) is 17.4. The highest BCUT2D eigenvalue weighted by molar-refractivity contribution is 7.89. The number of nitrogens with two attached hydrogens (primary N) is 1. The van der Waals surface area contributed by atoms with E-state index in [1.807, 2.05) is 0 Å². The summed E-state index contributed by atoms with van der Waals surface area (Å²) in [4.78, 5) is 4.56. The third-order valence-corrected chi connectivity index (χ3v) is 5.81. The van der Waals surface area contributed by atoms with Crippen LogP contribution in [0.2, 0.25) is 0 Å². The summed E-state index contributed by atoms with van der Waals surface area (Å²) in [5, 5.41) is 4.01. The van der Waals surface area contributed by atoms with Gasteiger partial charge in [0.05, 0.1) is 10.4 Å². The lowest BCUT2D eigenvalue weighted by molar-refractivity contribution is 0.372. The number of hydrogen-bond donors (Lipinski definition) is 2. The molecule has 138 valence electrons. The summed E-state index contributed by atoms with van der Waals surface area (Å²) in [5.41, 5.74) is 6.36. The highest BCUT2D eigenvalue weighted by Crippen LogP contribution is 2.35. The van der Waals surface area contributed by atoms with E-state index in [4.69, 9.17) is 10.3 Å². The molecule has 1 aromatic carbocycles. The van der Waals surface area contributed by atoms with E-state index in [0.29, 0.717) is 11.4 Å². The molecule has 1 aliphatic carbocycles. The van der Waals surface area contributed by atoms with Crippen LogP contribution in [-0.4, -0.2) is 24.6 Å². The van der Waals surface area contributed by atoms with Crippen LogP contribution < -0.4 is 10.5 Å². The van der Waals surface area contributed by atoms with E-state index in [1.165, 1.54) is 12.1 Å². The van der Waals surface area contributed by atoms with Crippen LogP contribution in [0.25, 0.3) is 11.5 Å². The zero-order valence-corrected chi connectivity index (χ0v) is 15.9. The maximum absolute atomic E-state index is 12.3. The Morgan fingerprint density at radius 3 is 2.60 bits per heavy atom. The lowest BCUT2D eigenvalue weighted by atomic mass is 9.99. The first kappa shape index (κ1) is 19.8. The Morgan fingerprint density at radius 1 is 1.28 bits per heavy atom. The van der Waals surface area contributed by atoms with Crippen LogP contribution in [0.3, 0.4) is 0 Å². The minimum Gasteiger partial charge on any atom is -0.334 e. The van der Waals surface area contributed by atoms with Gasteiger partial charge in [-0.3, -0.25) is 0 Å². The van der Waals surface area contributed by atoms with Gasteiger partial charge in [-0.2, -0.15) is 4.98 Å². The average molecular weight is 387 g/mol. The lowest BCUT2D eigenvalue weighted by Gasteiger charge is -2.17. The van der Waals surface area contributed by atoms with Crippen molar-refractivity contribution < 1.29 is 12.9 Å². The molecule has 0 bridgehead atoms. The molecule has 0 saturated heterocycles. The van der Waals surface area contributed by atoms with Gasteiger partial charge in [-0.1, -0.05) is 24.1 Å². The molecule has 3 N–H and O–H groups in total. The molecule has 0 aliphatic heterocycles. The Hall–Kier alpha value is -1.48. The fraction of sp³-hybridized carbons (Fsp3) is 0.500. The quantitative estimate of drug-likeness (QED) is 0.816. The third kappa shape index (κ3) is 4.20. The Kier molecular flexibility index (Phi) is 5.88. The van der Waals surface area contributed by atoms with E-state index in [9.17, 15) is 8.42 Å². The molecule has 7 nitrogen and oxygen atoms in total. The molecule has 0 spiro atoms. The SMILES string of the molecule is CC(C)NS(=O)(=O)c1cccc(-c2nc(C3(N)CCCC3)no2)c1.Cl. The van der Waals surface area contributed by atoms with Crippen LogP contribution in [0, 0.1) is 0 Å². The molecule has 0 radical (unpaired) electrons. The molecule has 1 heterocycles. The second-order valence-corrected chi connectivity index (χ2v) is 8.30. The Morgan fingerprint density at radius 2 is 1.96 bits per heavy atom. The number of halogens is 1. The first-order valence-electron chi connectivity index (χ1n) is 8.06. The van der Waals surface area contributed by atoms with E-state index < -0.39 is 15.6 Å². The summed E-state index contributed by atoms with van der Waals surface area (Å²) in [5.74, 6) is 0.770. The molecule has 3 rings (SSSR count). The number of sulfonamides is 1. The maximum atomic E-state index is 12.3. The van der Waals surface area contributed by atoms with Crippen LogP contribution in [0.15, 0.2) is 33.7 Å². The van der Waals surface area contributed by atoms with Gasteiger partial charge in [0.25, 0.3) is 5.89 Å². The summed E-state index contributed by atoms with van der Waals surface area (Å²) in [6, 6.07) is 6.27. The molecular weight excluding hydrogens is 364 g/mol. The van der Waals surface area contributed by atoms with E-state index in [-0.39, 0.29) is 29.2 Å². The predicted octanol–water partition coefficient (Wildman–Crippen LogP) is 2.57. The molecule has 1 saturated carbocycles. The first-order chi connectivity index (χ1) is 11.3. The van der Waals surface area contributed by atoms with Crippen molar-refractivity contribution in [3.8, 4) is 11.5 Å². The fourth-order valence-electron chi connectivity index (χ4n) is 2.95. The van der Waals surface area contributed by atoms with Crippen molar-refractivity contribution in [3.05, 3.63) is 30.1 Å². The highest BCUT2D eigenvalue weighted by atomic mass is 35.5. The molecule has 0 unspecified atom stereocenters. The minimum absolute atomic E-state index is 0. The highest BCUT2D eigenvalue weighted by Gasteiger charge is 2.36. The van der Waals surface area contributed by atoms with Crippen molar-refractivity contribution in [3.63, 3.8) is 0 Å². The Bertz CT molecular complexity index is 829. The molecule has 1 fully saturated rings. The van der Waals surface area contributed by atoms with E-state index in [0.717, 1.165) is 25.7 Å². The van der Waals surface area contributed by atoms with Crippen molar-refractivity contribution in [2.45, 2.75) is 56.0 Å².